The first-order valence-electron chi connectivity index (χ1n) is 7.82. The van der Waals surface area contributed by atoms with Gasteiger partial charge in [0, 0.05) is 17.8 Å². The molecule has 128 valence electrons. The van der Waals surface area contributed by atoms with Crippen LogP contribution >= 0.6 is 0 Å². The molecule has 0 saturated heterocycles. The largest absolute Gasteiger partial charge is 0.492 e. The zero-order valence-corrected chi connectivity index (χ0v) is 14.4. The van der Waals surface area contributed by atoms with Gasteiger partial charge in [0.25, 0.3) is 0 Å². The molecule has 3 aromatic rings. The van der Waals surface area contributed by atoms with Gasteiger partial charge in [-0.05, 0) is 35.0 Å². The maximum Gasteiger partial charge on any atom is 0.133 e. The summed E-state index contributed by atoms with van der Waals surface area (Å²) < 4.78 is 18.5. The Hall–Kier alpha value is -2.70. The summed E-state index contributed by atoms with van der Waals surface area (Å²) in [5, 5.41) is 10.2. The van der Waals surface area contributed by atoms with E-state index < -0.39 is 10.8 Å². The third-order valence-electron chi connectivity index (χ3n) is 3.79. The highest BCUT2D eigenvalue weighted by Gasteiger charge is 2.18. The van der Waals surface area contributed by atoms with Crippen molar-refractivity contribution in [1.29, 1.82) is 5.41 Å². The number of hydrogen-bond acceptors (Lipinski definition) is 5. The molecule has 0 saturated carbocycles. The molecule has 0 aliphatic rings. The number of nitrogens with one attached hydrogen (secondary N) is 1. The van der Waals surface area contributed by atoms with Gasteiger partial charge in [0.2, 0.25) is 0 Å². The Morgan fingerprint density at radius 1 is 1.08 bits per heavy atom. The van der Waals surface area contributed by atoms with Crippen LogP contribution in [-0.4, -0.2) is 22.4 Å². The first-order valence-corrected chi connectivity index (χ1v) is 8.97. The number of hydrogen-bond donors (Lipinski definition) is 3. The number of nitrogens with two attached hydrogens (primary N) is 2. The van der Waals surface area contributed by atoms with Gasteiger partial charge in [-0.15, -0.1) is 0 Å². The lowest BCUT2D eigenvalue weighted by Gasteiger charge is -2.12. The summed E-state index contributed by atoms with van der Waals surface area (Å²) in [7, 11) is -1.65. The molecule has 3 aromatic carbocycles. The number of benzene rings is 3. The van der Waals surface area contributed by atoms with Gasteiger partial charge in [-0.25, -0.2) is 4.21 Å². The standard InChI is InChI=1S/C19H19N3O2S/c20-10-11-24-14-8-9-17(21)16(12-14)19(22)25(23)18-7-3-5-13-4-1-2-6-15(13)18/h1-9,12,22H,10-11,20-21H2. The highest BCUT2D eigenvalue weighted by molar-refractivity contribution is 8.01. The second-order valence-electron chi connectivity index (χ2n) is 5.46. The Morgan fingerprint density at radius 2 is 1.84 bits per heavy atom. The molecule has 25 heavy (non-hydrogen) atoms. The van der Waals surface area contributed by atoms with Gasteiger partial charge in [-0.3, -0.25) is 5.41 Å². The summed E-state index contributed by atoms with van der Waals surface area (Å²) in [6, 6.07) is 18.2. The second kappa shape index (κ2) is 7.46. The number of nitrogen functional groups attached to an aromatic ring is 1. The predicted molar refractivity (Wildman–Crippen MR) is 103 cm³/mol. The average molecular weight is 353 g/mol. The fourth-order valence-corrected chi connectivity index (χ4v) is 3.75. The van der Waals surface area contributed by atoms with Gasteiger partial charge in [-0.2, -0.15) is 0 Å². The van der Waals surface area contributed by atoms with Crippen LogP contribution in [-0.2, 0) is 10.8 Å². The fourth-order valence-electron chi connectivity index (χ4n) is 2.57. The molecule has 0 bridgehead atoms. The van der Waals surface area contributed by atoms with Crippen molar-refractivity contribution in [2.24, 2.45) is 5.73 Å². The summed E-state index contributed by atoms with van der Waals surface area (Å²) in [6.45, 7) is 0.752. The monoisotopic (exact) mass is 353 g/mol. The lowest BCUT2D eigenvalue weighted by molar-refractivity contribution is 0.328. The zero-order chi connectivity index (χ0) is 17.8. The molecule has 6 heteroatoms. The maximum atomic E-state index is 13.0. The molecule has 1 atom stereocenters. The van der Waals surface area contributed by atoms with Gasteiger partial charge in [0.15, 0.2) is 0 Å². The lowest BCUT2D eigenvalue weighted by Crippen LogP contribution is -2.13. The van der Waals surface area contributed by atoms with Crippen molar-refractivity contribution in [3.8, 4) is 5.75 Å². The Balaban J connectivity index is 1.98. The van der Waals surface area contributed by atoms with E-state index in [2.05, 4.69) is 0 Å². The minimum absolute atomic E-state index is 0.0490. The Kier molecular flexibility index (Phi) is 5.11. The number of ether oxygens (including phenoxy) is 1. The molecular weight excluding hydrogens is 334 g/mol. The van der Waals surface area contributed by atoms with E-state index in [1.807, 2.05) is 36.4 Å². The summed E-state index contributed by atoms with van der Waals surface area (Å²) in [4.78, 5) is 0.593. The summed E-state index contributed by atoms with van der Waals surface area (Å²) in [6.07, 6.45) is 0. The van der Waals surface area contributed by atoms with Crippen molar-refractivity contribution in [3.05, 3.63) is 66.2 Å². The van der Waals surface area contributed by atoms with Crippen molar-refractivity contribution >= 4 is 32.3 Å². The van der Waals surface area contributed by atoms with Crippen LogP contribution in [0.25, 0.3) is 10.8 Å². The van der Waals surface area contributed by atoms with Crippen LogP contribution in [0.5, 0.6) is 5.75 Å². The average Bonchev–Trinajstić information content (AvgIpc) is 2.65. The van der Waals surface area contributed by atoms with E-state index in [9.17, 15) is 4.21 Å². The van der Waals surface area contributed by atoms with Gasteiger partial charge in [0.05, 0.1) is 4.90 Å². The fraction of sp³-hybridized carbons (Fsp3) is 0.105. The van der Waals surface area contributed by atoms with E-state index in [0.29, 0.717) is 35.0 Å². The van der Waals surface area contributed by atoms with Crippen LogP contribution in [0.1, 0.15) is 5.56 Å². The summed E-state index contributed by atoms with van der Waals surface area (Å²) >= 11 is 0. The van der Waals surface area contributed by atoms with E-state index >= 15 is 0 Å². The highest BCUT2D eigenvalue weighted by Crippen LogP contribution is 2.26. The first kappa shape index (κ1) is 17.1. The van der Waals surface area contributed by atoms with Crippen molar-refractivity contribution in [1.82, 2.24) is 0 Å². The number of fused-ring (bicyclic) bond motifs is 1. The van der Waals surface area contributed by atoms with E-state index in [4.69, 9.17) is 21.6 Å². The molecule has 5 nitrogen and oxygen atoms in total. The van der Waals surface area contributed by atoms with E-state index in [0.717, 1.165) is 10.8 Å². The van der Waals surface area contributed by atoms with Crippen molar-refractivity contribution in [2.75, 3.05) is 18.9 Å². The second-order valence-corrected chi connectivity index (χ2v) is 6.85. The predicted octanol–water partition coefficient (Wildman–Crippen LogP) is 2.89. The molecule has 1 unspecified atom stereocenters. The van der Waals surface area contributed by atoms with Crippen LogP contribution in [0.2, 0.25) is 0 Å². The van der Waals surface area contributed by atoms with E-state index in [1.54, 1.807) is 24.3 Å². The highest BCUT2D eigenvalue weighted by atomic mass is 32.2. The van der Waals surface area contributed by atoms with E-state index in [1.165, 1.54) is 0 Å². The molecule has 0 amide bonds. The zero-order valence-electron chi connectivity index (χ0n) is 13.6. The van der Waals surface area contributed by atoms with Crippen LogP contribution in [0.3, 0.4) is 0 Å². The minimum Gasteiger partial charge on any atom is -0.492 e. The summed E-state index contributed by atoms with van der Waals surface area (Å²) in [5.41, 5.74) is 12.2. The minimum atomic E-state index is -1.65. The van der Waals surface area contributed by atoms with Gasteiger partial charge < -0.3 is 16.2 Å². The first-order chi connectivity index (χ1) is 12.1. The third-order valence-corrected chi connectivity index (χ3v) is 5.14. The van der Waals surface area contributed by atoms with Gasteiger partial charge in [0.1, 0.15) is 28.2 Å². The Morgan fingerprint density at radius 3 is 2.64 bits per heavy atom. The third kappa shape index (κ3) is 3.55. The topological polar surface area (TPSA) is 102 Å². The van der Waals surface area contributed by atoms with Crippen LogP contribution in [0.4, 0.5) is 5.69 Å². The molecule has 0 aliphatic carbocycles. The van der Waals surface area contributed by atoms with Crippen molar-refractivity contribution < 1.29 is 8.95 Å². The van der Waals surface area contributed by atoms with Crippen LogP contribution < -0.4 is 16.2 Å². The Bertz CT molecular complexity index is 951. The lowest BCUT2D eigenvalue weighted by atomic mass is 10.1. The van der Waals surface area contributed by atoms with Crippen LogP contribution in [0, 0.1) is 5.41 Å². The normalized spacial score (nSPS) is 12.0. The van der Waals surface area contributed by atoms with Crippen molar-refractivity contribution in [2.45, 2.75) is 4.90 Å². The quantitative estimate of drug-likeness (QED) is 0.373. The van der Waals surface area contributed by atoms with Crippen molar-refractivity contribution in [3.63, 3.8) is 0 Å². The molecule has 0 radical (unpaired) electrons. The van der Waals surface area contributed by atoms with Gasteiger partial charge >= 0.3 is 0 Å². The van der Waals surface area contributed by atoms with Gasteiger partial charge in [-0.1, -0.05) is 36.4 Å². The Labute approximate surface area is 148 Å². The van der Waals surface area contributed by atoms with E-state index in [-0.39, 0.29) is 5.04 Å². The molecule has 0 spiro atoms. The number of rotatable bonds is 5. The summed E-state index contributed by atoms with van der Waals surface area (Å²) in [5.74, 6) is 0.550. The molecular formula is C19H19N3O2S. The molecule has 0 fully saturated rings. The molecule has 3 rings (SSSR count). The SMILES string of the molecule is N=C(c1cc(OCCN)ccc1N)S(=O)c1cccc2ccccc12. The smallest absolute Gasteiger partial charge is 0.133 e. The molecule has 0 aliphatic heterocycles. The van der Waals surface area contributed by atoms with Crippen LogP contribution in [0.15, 0.2) is 65.6 Å². The maximum absolute atomic E-state index is 13.0. The molecule has 0 aromatic heterocycles. The molecule has 5 N–H and O–H groups in total. The molecule has 0 heterocycles. The number of anilines is 1.